The molecule has 0 spiro atoms. The molecule has 1 aliphatic heterocycles. The largest absolute Gasteiger partial charge is 0.324 e. The quantitative estimate of drug-likeness (QED) is 0.625. The maximum atomic E-state index is 11.4. The van der Waals surface area contributed by atoms with Gasteiger partial charge in [-0.05, 0) is 24.7 Å². The van der Waals surface area contributed by atoms with Crippen molar-refractivity contribution >= 4 is 11.9 Å². The number of fused-ring (bicyclic) bond motifs is 1. The molecule has 1 saturated heterocycles. The Morgan fingerprint density at radius 2 is 1.79 bits per heavy atom. The van der Waals surface area contributed by atoms with Crippen LogP contribution in [0.1, 0.15) is 25.7 Å². The predicted octanol–water partition coefficient (Wildman–Crippen LogP) is 0.727. The topological polar surface area (TPSA) is 49.4 Å². The second-order valence-corrected chi connectivity index (χ2v) is 4.58. The molecule has 0 aromatic heterocycles. The molecule has 4 heteroatoms. The van der Waals surface area contributed by atoms with Gasteiger partial charge < -0.3 is 4.90 Å². The molecule has 0 aromatic carbocycles. The SMILES string of the molecule is O=C1CN(C2C3CCCCC32)C(=O)N1. The minimum Gasteiger partial charge on any atom is -0.312 e. The molecule has 0 aromatic rings. The van der Waals surface area contributed by atoms with Crippen molar-refractivity contribution in [3.63, 3.8) is 0 Å². The smallest absolute Gasteiger partial charge is 0.312 e. The fourth-order valence-corrected chi connectivity index (χ4v) is 3.11. The van der Waals surface area contributed by atoms with Gasteiger partial charge in [0.2, 0.25) is 5.91 Å². The molecule has 2 atom stereocenters. The van der Waals surface area contributed by atoms with E-state index in [0.29, 0.717) is 17.9 Å². The molecule has 1 heterocycles. The number of hydrogen-bond donors (Lipinski definition) is 1. The van der Waals surface area contributed by atoms with E-state index in [1.807, 2.05) is 0 Å². The van der Waals surface area contributed by atoms with Gasteiger partial charge in [0.25, 0.3) is 0 Å². The minimum atomic E-state index is -0.172. The molecular formula is C10H14N2O2. The number of rotatable bonds is 1. The Balaban J connectivity index is 1.72. The average Bonchev–Trinajstić information content (AvgIpc) is 2.79. The van der Waals surface area contributed by atoms with Crippen molar-refractivity contribution in [3.05, 3.63) is 0 Å². The lowest BCUT2D eigenvalue weighted by Crippen LogP contribution is -2.31. The highest BCUT2D eigenvalue weighted by Crippen LogP contribution is 2.52. The number of imide groups is 1. The lowest BCUT2D eigenvalue weighted by atomic mass is 10.0. The number of carbonyl (C=O) groups excluding carboxylic acids is 2. The molecule has 76 valence electrons. The van der Waals surface area contributed by atoms with Crippen LogP contribution in [0.5, 0.6) is 0 Å². The van der Waals surface area contributed by atoms with E-state index in [-0.39, 0.29) is 18.5 Å². The normalized spacial score (nSPS) is 40.9. The van der Waals surface area contributed by atoms with Crippen molar-refractivity contribution in [2.75, 3.05) is 6.54 Å². The summed E-state index contributed by atoms with van der Waals surface area (Å²) in [5, 5.41) is 2.35. The van der Waals surface area contributed by atoms with Crippen LogP contribution < -0.4 is 5.32 Å². The van der Waals surface area contributed by atoms with E-state index in [1.165, 1.54) is 25.7 Å². The monoisotopic (exact) mass is 194 g/mol. The number of urea groups is 1. The van der Waals surface area contributed by atoms with Gasteiger partial charge in [-0.2, -0.15) is 0 Å². The third-order valence-corrected chi connectivity index (χ3v) is 3.79. The summed E-state index contributed by atoms with van der Waals surface area (Å²) in [4.78, 5) is 24.2. The fraction of sp³-hybridized carbons (Fsp3) is 0.800. The Hall–Kier alpha value is -1.06. The lowest BCUT2D eigenvalue weighted by molar-refractivity contribution is -0.118. The Morgan fingerprint density at radius 3 is 2.29 bits per heavy atom. The van der Waals surface area contributed by atoms with Gasteiger partial charge >= 0.3 is 6.03 Å². The maximum Gasteiger partial charge on any atom is 0.324 e. The first-order valence-electron chi connectivity index (χ1n) is 5.38. The van der Waals surface area contributed by atoms with Crippen LogP contribution in [0, 0.1) is 11.8 Å². The van der Waals surface area contributed by atoms with Gasteiger partial charge in [0, 0.05) is 6.04 Å². The van der Waals surface area contributed by atoms with E-state index in [1.54, 1.807) is 4.90 Å². The molecule has 2 saturated carbocycles. The summed E-state index contributed by atoms with van der Waals surface area (Å²) in [5.41, 5.74) is 0. The highest BCUT2D eigenvalue weighted by molar-refractivity contribution is 6.02. The highest BCUT2D eigenvalue weighted by Gasteiger charge is 2.56. The molecule has 2 aliphatic carbocycles. The highest BCUT2D eigenvalue weighted by atomic mass is 16.2. The Kier molecular flexibility index (Phi) is 1.60. The van der Waals surface area contributed by atoms with E-state index >= 15 is 0 Å². The van der Waals surface area contributed by atoms with Gasteiger partial charge in [0.05, 0.1) is 0 Å². The predicted molar refractivity (Wildman–Crippen MR) is 49.5 cm³/mol. The van der Waals surface area contributed by atoms with Crippen molar-refractivity contribution in [1.82, 2.24) is 10.2 Å². The number of amides is 3. The molecule has 3 fully saturated rings. The number of carbonyl (C=O) groups is 2. The van der Waals surface area contributed by atoms with Crippen LogP contribution >= 0.6 is 0 Å². The molecule has 0 radical (unpaired) electrons. The van der Waals surface area contributed by atoms with Gasteiger partial charge in [-0.15, -0.1) is 0 Å². The Morgan fingerprint density at radius 1 is 1.14 bits per heavy atom. The van der Waals surface area contributed by atoms with Gasteiger partial charge in [0.1, 0.15) is 6.54 Å². The third kappa shape index (κ3) is 1.06. The van der Waals surface area contributed by atoms with Crippen LogP contribution in [-0.4, -0.2) is 29.4 Å². The van der Waals surface area contributed by atoms with Crippen LogP contribution in [0.4, 0.5) is 4.79 Å². The van der Waals surface area contributed by atoms with Gasteiger partial charge in [0.15, 0.2) is 0 Å². The molecule has 3 aliphatic rings. The number of nitrogens with zero attached hydrogens (tertiary/aromatic N) is 1. The van der Waals surface area contributed by atoms with E-state index in [2.05, 4.69) is 5.32 Å². The molecular weight excluding hydrogens is 180 g/mol. The van der Waals surface area contributed by atoms with Crippen LogP contribution in [0.25, 0.3) is 0 Å². The molecule has 1 N–H and O–H groups in total. The third-order valence-electron chi connectivity index (χ3n) is 3.79. The van der Waals surface area contributed by atoms with E-state index in [4.69, 9.17) is 0 Å². The van der Waals surface area contributed by atoms with Crippen LogP contribution in [0.2, 0.25) is 0 Å². The van der Waals surface area contributed by atoms with Crippen LogP contribution in [0.3, 0.4) is 0 Å². The summed E-state index contributed by atoms with van der Waals surface area (Å²) in [7, 11) is 0. The van der Waals surface area contributed by atoms with Gasteiger partial charge in [-0.1, -0.05) is 12.8 Å². The lowest BCUT2D eigenvalue weighted by Gasteiger charge is -2.12. The summed E-state index contributed by atoms with van der Waals surface area (Å²) in [6.07, 6.45) is 5.07. The van der Waals surface area contributed by atoms with E-state index in [0.717, 1.165) is 0 Å². The summed E-state index contributed by atoms with van der Waals surface area (Å²) in [6.45, 7) is 0.288. The Bertz CT molecular complexity index is 290. The summed E-state index contributed by atoms with van der Waals surface area (Å²) in [5.74, 6) is 1.25. The maximum absolute atomic E-state index is 11.4. The second-order valence-electron chi connectivity index (χ2n) is 4.58. The van der Waals surface area contributed by atoms with Crippen molar-refractivity contribution in [1.29, 1.82) is 0 Å². The second kappa shape index (κ2) is 2.72. The van der Waals surface area contributed by atoms with Gasteiger partial charge in [-0.3, -0.25) is 10.1 Å². The van der Waals surface area contributed by atoms with Crippen LogP contribution in [0.15, 0.2) is 0 Å². The van der Waals surface area contributed by atoms with Crippen molar-refractivity contribution in [2.45, 2.75) is 31.7 Å². The minimum absolute atomic E-state index is 0.140. The molecule has 4 nitrogen and oxygen atoms in total. The fourth-order valence-electron chi connectivity index (χ4n) is 3.11. The number of nitrogens with one attached hydrogen (secondary N) is 1. The summed E-state index contributed by atoms with van der Waals surface area (Å²) >= 11 is 0. The van der Waals surface area contributed by atoms with E-state index < -0.39 is 0 Å². The average molecular weight is 194 g/mol. The zero-order chi connectivity index (χ0) is 9.71. The molecule has 3 rings (SSSR count). The first kappa shape index (κ1) is 8.26. The van der Waals surface area contributed by atoms with Gasteiger partial charge in [-0.25, -0.2) is 4.79 Å². The van der Waals surface area contributed by atoms with Crippen molar-refractivity contribution < 1.29 is 9.59 Å². The van der Waals surface area contributed by atoms with Crippen molar-refractivity contribution in [2.24, 2.45) is 11.8 Å². The zero-order valence-electron chi connectivity index (χ0n) is 8.03. The van der Waals surface area contributed by atoms with Crippen molar-refractivity contribution in [3.8, 4) is 0 Å². The van der Waals surface area contributed by atoms with E-state index in [9.17, 15) is 9.59 Å². The molecule has 14 heavy (non-hydrogen) atoms. The number of hydrogen-bond acceptors (Lipinski definition) is 2. The van der Waals surface area contributed by atoms with Crippen LogP contribution in [-0.2, 0) is 4.79 Å². The molecule has 2 unspecified atom stereocenters. The molecule has 3 amide bonds. The molecule has 0 bridgehead atoms. The first-order valence-corrected chi connectivity index (χ1v) is 5.38. The Labute approximate surface area is 82.6 Å². The first-order chi connectivity index (χ1) is 6.77. The zero-order valence-corrected chi connectivity index (χ0v) is 8.03. The summed E-state index contributed by atoms with van der Waals surface area (Å²) < 4.78 is 0. The summed E-state index contributed by atoms with van der Waals surface area (Å²) in [6, 6.07) is 0.207. The standard InChI is InChI=1S/C10H14N2O2/c13-8-5-12(10(14)11-8)9-6-3-1-2-4-7(6)9/h6-7,9H,1-5H2,(H,11,13,14).